The minimum Gasteiger partial charge on any atom is -0.258 e. The molecule has 3 aromatic carbocycles. The van der Waals surface area contributed by atoms with E-state index in [0.717, 1.165) is 41.3 Å². The normalized spacial score (nSPS) is 13.9. The Morgan fingerprint density at radius 1 is 0.923 bits per heavy atom. The zero-order valence-corrected chi connectivity index (χ0v) is 14.6. The molecule has 0 spiro atoms. The van der Waals surface area contributed by atoms with E-state index in [9.17, 15) is 10.1 Å². The summed E-state index contributed by atoms with van der Waals surface area (Å²) < 4.78 is 0. The SMILES string of the molecule is Cc1ccc2c(c1N=Nc1c([N+](=O)[O-])ccc3ccccc13)CCCC2. The van der Waals surface area contributed by atoms with Crippen LogP contribution in [0, 0.1) is 17.0 Å². The molecule has 0 aromatic heterocycles. The summed E-state index contributed by atoms with van der Waals surface area (Å²) in [5.74, 6) is 0. The van der Waals surface area contributed by atoms with Crippen LogP contribution in [0.2, 0.25) is 0 Å². The van der Waals surface area contributed by atoms with Gasteiger partial charge in [-0.15, -0.1) is 10.2 Å². The topological polar surface area (TPSA) is 67.9 Å². The van der Waals surface area contributed by atoms with Gasteiger partial charge in [0.25, 0.3) is 5.69 Å². The Morgan fingerprint density at radius 2 is 1.69 bits per heavy atom. The van der Waals surface area contributed by atoms with Crippen molar-refractivity contribution in [3.05, 3.63) is 75.3 Å². The number of nitro benzene ring substituents is 1. The highest BCUT2D eigenvalue weighted by molar-refractivity contribution is 5.96. The molecule has 0 saturated carbocycles. The van der Waals surface area contributed by atoms with Crippen LogP contribution in [-0.2, 0) is 12.8 Å². The van der Waals surface area contributed by atoms with Gasteiger partial charge in [-0.2, -0.15) is 0 Å². The Balaban J connectivity index is 1.88. The number of nitro groups is 1. The van der Waals surface area contributed by atoms with Crippen molar-refractivity contribution in [2.75, 3.05) is 0 Å². The summed E-state index contributed by atoms with van der Waals surface area (Å²) in [7, 11) is 0. The third kappa shape index (κ3) is 2.86. The van der Waals surface area contributed by atoms with E-state index < -0.39 is 4.92 Å². The Morgan fingerprint density at radius 3 is 2.54 bits per heavy atom. The van der Waals surface area contributed by atoms with Gasteiger partial charge in [0.05, 0.1) is 10.6 Å². The van der Waals surface area contributed by atoms with E-state index in [1.54, 1.807) is 6.07 Å². The second kappa shape index (κ2) is 6.67. The van der Waals surface area contributed by atoms with Crippen LogP contribution >= 0.6 is 0 Å². The summed E-state index contributed by atoms with van der Waals surface area (Å²) in [6, 6.07) is 15.0. The molecule has 0 saturated heterocycles. The first-order valence-corrected chi connectivity index (χ1v) is 8.84. The predicted molar refractivity (Wildman–Crippen MR) is 103 cm³/mol. The molecule has 1 aliphatic carbocycles. The summed E-state index contributed by atoms with van der Waals surface area (Å²) in [4.78, 5) is 11.1. The highest BCUT2D eigenvalue weighted by Crippen LogP contribution is 2.38. The van der Waals surface area contributed by atoms with Crippen LogP contribution in [0.5, 0.6) is 0 Å². The molecule has 0 heterocycles. The number of hydrogen-bond donors (Lipinski definition) is 0. The highest BCUT2D eigenvalue weighted by atomic mass is 16.6. The van der Waals surface area contributed by atoms with Gasteiger partial charge in [0.15, 0.2) is 5.69 Å². The van der Waals surface area contributed by atoms with Gasteiger partial charge in [-0.05, 0) is 60.7 Å². The number of azo groups is 1. The molecule has 0 N–H and O–H groups in total. The average molecular weight is 345 g/mol. The summed E-state index contributed by atoms with van der Waals surface area (Å²) in [5.41, 5.74) is 4.78. The van der Waals surface area contributed by atoms with Crippen LogP contribution in [0.1, 0.15) is 29.5 Å². The molecule has 5 nitrogen and oxygen atoms in total. The van der Waals surface area contributed by atoms with Gasteiger partial charge in [-0.25, -0.2) is 0 Å². The maximum absolute atomic E-state index is 11.5. The smallest absolute Gasteiger partial charge is 0.258 e. The summed E-state index contributed by atoms with van der Waals surface area (Å²) in [6.07, 6.45) is 4.39. The molecule has 1 aliphatic rings. The van der Waals surface area contributed by atoms with Gasteiger partial charge in [0.2, 0.25) is 0 Å². The third-order valence-corrected chi connectivity index (χ3v) is 5.03. The van der Waals surface area contributed by atoms with E-state index in [-0.39, 0.29) is 5.69 Å². The molecule has 0 atom stereocenters. The van der Waals surface area contributed by atoms with E-state index in [0.29, 0.717) is 5.69 Å². The number of hydrogen-bond acceptors (Lipinski definition) is 4. The van der Waals surface area contributed by atoms with Crippen molar-refractivity contribution in [2.45, 2.75) is 32.6 Å². The first kappa shape index (κ1) is 16.4. The standard InChI is InChI=1S/C21H19N3O2/c1-14-10-11-15-6-2-4-8-17(15)20(14)22-23-21-18-9-5-3-7-16(18)12-13-19(21)24(25)26/h3,5,7,9-13H,2,4,6,8H2,1H3. The molecule has 4 rings (SSSR count). The Hall–Kier alpha value is -3.08. The third-order valence-electron chi connectivity index (χ3n) is 5.03. The first-order chi connectivity index (χ1) is 12.6. The fourth-order valence-corrected chi connectivity index (χ4v) is 3.66. The van der Waals surface area contributed by atoms with Gasteiger partial charge in [0, 0.05) is 11.5 Å². The fourth-order valence-electron chi connectivity index (χ4n) is 3.66. The monoisotopic (exact) mass is 345 g/mol. The van der Waals surface area contributed by atoms with Gasteiger partial charge in [-0.1, -0.05) is 36.4 Å². The van der Waals surface area contributed by atoms with E-state index >= 15 is 0 Å². The van der Waals surface area contributed by atoms with Crippen LogP contribution in [0.4, 0.5) is 17.1 Å². The zero-order valence-electron chi connectivity index (χ0n) is 14.6. The van der Waals surface area contributed by atoms with E-state index in [4.69, 9.17) is 0 Å². The van der Waals surface area contributed by atoms with Crippen molar-refractivity contribution in [3.8, 4) is 0 Å². The molecule has 5 heteroatoms. The van der Waals surface area contributed by atoms with E-state index in [1.165, 1.54) is 23.6 Å². The molecule has 0 unspecified atom stereocenters. The van der Waals surface area contributed by atoms with Crippen LogP contribution in [0.25, 0.3) is 10.8 Å². The zero-order chi connectivity index (χ0) is 18.1. The van der Waals surface area contributed by atoms with Gasteiger partial charge in [-0.3, -0.25) is 10.1 Å². The summed E-state index contributed by atoms with van der Waals surface area (Å²) >= 11 is 0. The lowest BCUT2D eigenvalue weighted by atomic mass is 9.89. The number of fused-ring (bicyclic) bond motifs is 2. The Bertz CT molecular complexity index is 1040. The molecule has 0 fully saturated rings. The molecule has 0 bridgehead atoms. The quantitative estimate of drug-likeness (QED) is 0.315. The van der Waals surface area contributed by atoms with Crippen molar-refractivity contribution in [2.24, 2.45) is 10.2 Å². The maximum Gasteiger partial charge on any atom is 0.297 e. The van der Waals surface area contributed by atoms with Crippen LogP contribution in [0.3, 0.4) is 0 Å². The number of aryl methyl sites for hydroxylation is 2. The van der Waals surface area contributed by atoms with Gasteiger partial charge < -0.3 is 0 Å². The fraction of sp³-hybridized carbons (Fsp3) is 0.238. The van der Waals surface area contributed by atoms with Crippen LogP contribution in [-0.4, -0.2) is 4.92 Å². The minimum atomic E-state index is -0.395. The number of benzene rings is 3. The summed E-state index contributed by atoms with van der Waals surface area (Å²) in [6.45, 7) is 2.01. The lowest BCUT2D eigenvalue weighted by molar-refractivity contribution is -0.384. The molecule has 26 heavy (non-hydrogen) atoms. The van der Waals surface area contributed by atoms with Gasteiger partial charge >= 0.3 is 0 Å². The Labute approximate surface area is 151 Å². The molecule has 0 aliphatic heterocycles. The predicted octanol–water partition coefficient (Wildman–Crippen LogP) is 6.35. The van der Waals surface area contributed by atoms with E-state index in [1.807, 2.05) is 31.2 Å². The number of rotatable bonds is 3. The maximum atomic E-state index is 11.5. The van der Waals surface area contributed by atoms with Crippen molar-refractivity contribution in [1.29, 1.82) is 0 Å². The molecular formula is C21H19N3O2. The lowest BCUT2D eigenvalue weighted by Gasteiger charge is -2.18. The molecular weight excluding hydrogens is 326 g/mol. The minimum absolute atomic E-state index is 0.0186. The van der Waals surface area contributed by atoms with E-state index in [2.05, 4.69) is 22.4 Å². The first-order valence-electron chi connectivity index (χ1n) is 8.84. The van der Waals surface area contributed by atoms with Crippen molar-refractivity contribution in [1.82, 2.24) is 0 Å². The number of nitrogens with zero attached hydrogens (tertiary/aromatic N) is 3. The highest BCUT2D eigenvalue weighted by Gasteiger charge is 2.18. The molecule has 0 amide bonds. The van der Waals surface area contributed by atoms with Gasteiger partial charge in [0.1, 0.15) is 0 Å². The van der Waals surface area contributed by atoms with Crippen molar-refractivity contribution >= 4 is 27.8 Å². The largest absolute Gasteiger partial charge is 0.297 e. The van der Waals surface area contributed by atoms with Crippen LogP contribution < -0.4 is 0 Å². The molecule has 130 valence electrons. The molecule has 3 aromatic rings. The lowest BCUT2D eigenvalue weighted by Crippen LogP contribution is -2.03. The average Bonchev–Trinajstić information content (AvgIpc) is 2.66. The van der Waals surface area contributed by atoms with Crippen LogP contribution in [0.15, 0.2) is 58.8 Å². The van der Waals surface area contributed by atoms with Crippen molar-refractivity contribution < 1.29 is 4.92 Å². The summed E-state index contributed by atoms with van der Waals surface area (Å²) in [5, 5.41) is 22.0. The second-order valence-corrected chi connectivity index (χ2v) is 6.69. The molecule has 0 radical (unpaired) electrons. The Kier molecular flexibility index (Phi) is 4.21. The second-order valence-electron chi connectivity index (χ2n) is 6.69. The van der Waals surface area contributed by atoms with Crippen molar-refractivity contribution in [3.63, 3.8) is 0 Å².